The van der Waals surface area contributed by atoms with Crippen molar-refractivity contribution in [2.24, 2.45) is 0 Å². The fourth-order valence-corrected chi connectivity index (χ4v) is 0.588. The maximum atomic E-state index is 9.89. The van der Waals surface area contributed by atoms with Crippen LogP contribution in [0.3, 0.4) is 0 Å². The monoisotopic (exact) mass is 163 g/mol. The molecule has 66 valence electrons. The van der Waals surface area contributed by atoms with E-state index in [0.717, 1.165) is 0 Å². The lowest BCUT2D eigenvalue weighted by Crippen LogP contribution is -2.25. The van der Waals surface area contributed by atoms with E-state index in [1.807, 2.05) is 0 Å². The van der Waals surface area contributed by atoms with Crippen LogP contribution >= 0.6 is 0 Å². The molecule has 2 N–H and O–H groups in total. The smallest absolute Gasteiger partial charge is 0.313 e. The average molecular weight is 163 g/mol. The highest BCUT2D eigenvalue weighted by atomic mass is 16.7. The molecule has 0 spiro atoms. The molecule has 0 fully saturated rings. The van der Waals surface area contributed by atoms with E-state index in [-0.39, 0.29) is 12.8 Å². The molecule has 0 aliphatic carbocycles. The molecule has 1 unspecified atom stereocenters. The summed E-state index contributed by atoms with van der Waals surface area (Å²) in [6.45, 7) is 3.08. The summed E-state index contributed by atoms with van der Waals surface area (Å²) in [6, 6.07) is 0. The predicted octanol–water partition coefficient (Wildman–Crippen LogP) is 0.133. The fourth-order valence-electron chi connectivity index (χ4n) is 0.588. The van der Waals surface area contributed by atoms with Gasteiger partial charge in [0.1, 0.15) is 0 Å². The molecule has 0 amide bonds. The van der Waals surface area contributed by atoms with Gasteiger partial charge in [0.2, 0.25) is 0 Å². The molecule has 0 rings (SSSR count). The molecule has 0 aliphatic heterocycles. The first kappa shape index (κ1) is 10.3. The maximum absolute atomic E-state index is 9.89. The van der Waals surface area contributed by atoms with Crippen LogP contribution in [-0.2, 0) is 0 Å². The van der Waals surface area contributed by atoms with Gasteiger partial charge in [-0.2, -0.15) is 0 Å². The van der Waals surface area contributed by atoms with Crippen molar-refractivity contribution in [2.45, 2.75) is 38.5 Å². The Morgan fingerprint density at radius 1 is 1.64 bits per heavy atom. The Morgan fingerprint density at radius 2 is 2.09 bits per heavy atom. The number of nitro groups is 1. The van der Waals surface area contributed by atoms with Crippen LogP contribution in [0.25, 0.3) is 0 Å². The molecule has 5 heteroatoms. The second-order valence-corrected chi connectivity index (χ2v) is 3.12. The zero-order chi connectivity index (χ0) is 9.07. The molecule has 0 aromatic heterocycles. The molecule has 11 heavy (non-hydrogen) atoms. The minimum absolute atomic E-state index is 0.0174. The summed E-state index contributed by atoms with van der Waals surface area (Å²) in [5.41, 5.74) is -0.947. The van der Waals surface area contributed by atoms with Crippen LogP contribution in [0.2, 0.25) is 0 Å². The van der Waals surface area contributed by atoms with Crippen LogP contribution in [0.5, 0.6) is 0 Å². The van der Waals surface area contributed by atoms with Gasteiger partial charge in [0.15, 0.2) is 0 Å². The number of hydrogen-bond acceptors (Lipinski definition) is 4. The lowest BCUT2D eigenvalue weighted by atomic mass is 10.0. The molecule has 0 bridgehead atoms. The molecule has 0 saturated carbocycles. The standard InChI is InChI=1S/C6H13NO4/c1-6(2,9)4-3-5(8)7(10)11/h5,8-9H,3-4H2,1-2H3. The Labute approximate surface area is 64.8 Å². The van der Waals surface area contributed by atoms with E-state index in [1.54, 1.807) is 13.8 Å². The van der Waals surface area contributed by atoms with E-state index in [2.05, 4.69) is 0 Å². The highest BCUT2D eigenvalue weighted by molar-refractivity contribution is 4.64. The van der Waals surface area contributed by atoms with Crippen LogP contribution in [0, 0.1) is 10.1 Å². The lowest BCUT2D eigenvalue weighted by molar-refractivity contribution is -0.571. The summed E-state index contributed by atoms with van der Waals surface area (Å²) < 4.78 is 0. The van der Waals surface area contributed by atoms with Crippen molar-refractivity contribution >= 4 is 0 Å². The van der Waals surface area contributed by atoms with Gasteiger partial charge in [0.25, 0.3) is 0 Å². The Kier molecular flexibility index (Phi) is 3.41. The van der Waals surface area contributed by atoms with Crippen molar-refractivity contribution in [3.8, 4) is 0 Å². The van der Waals surface area contributed by atoms with Gasteiger partial charge in [-0.3, -0.25) is 10.1 Å². The number of aliphatic hydroxyl groups excluding tert-OH is 1. The molecule has 0 aromatic carbocycles. The van der Waals surface area contributed by atoms with Gasteiger partial charge in [-0.25, -0.2) is 0 Å². The van der Waals surface area contributed by atoms with Gasteiger partial charge in [0.05, 0.1) is 10.5 Å². The quantitative estimate of drug-likeness (QED) is 0.350. The fraction of sp³-hybridized carbons (Fsp3) is 1.00. The van der Waals surface area contributed by atoms with Crippen molar-refractivity contribution in [1.82, 2.24) is 0 Å². The molecular formula is C6H13NO4. The zero-order valence-corrected chi connectivity index (χ0v) is 6.65. The first-order valence-corrected chi connectivity index (χ1v) is 3.37. The van der Waals surface area contributed by atoms with Crippen molar-refractivity contribution in [1.29, 1.82) is 0 Å². The summed E-state index contributed by atoms with van der Waals surface area (Å²) in [6.07, 6.45) is -1.35. The first-order valence-electron chi connectivity index (χ1n) is 3.37. The molecular weight excluding hydrogens is 150 g/mol. The first-order chi connectivity index (χ1) is 4.83. The van der Waals surface area contributed by atoms with Gasteiger partial charge in [-0.05, 0) is 20.3 Å². The molecule has 0 radical (unpaired) electrons. The number of hydrogen-bond donors (Lipinski definition) is 2. The summed E-state index contributed by atoms with van der Waals surface area (Å²) in [5.74, 6) is 0. The van der Waals surface area contributed by atoms with Crippen molar-refractivity contribution in [3.05, 3.63) is 10.1 Å². The minimum atomic E-state index is -1.55. The minimum Gasteiger partial charge on any atom is -0.390 e. The van der Waals surface area contributed by atoms with Gasteiger partial charge < -0.3 is 10.2 Å². The Balaban J connectivity index is 3.63. The van der Waals surface area contributed by atoms with E-state index in [1.165, 1.54) is 0 Å². The van der Waals surface area contributed by atoms with Crippen molar-refractivity contribution in [2.75, 3.05) is 0 Å². The predicted molar refractivity (Wildman–Crippen MR) is 38.5 cm³/mol. The van der Waals surface area contributed by atoms with Gasteiger partial charge >= 0.3 is 6.23 Å². The van der Waals surface area contributed by atoms with Crippen molar-refractivity contribution < 1.29 is 15.1 Å². The van der Waals surface area contributed by atoms with Crippen LogP contribution in [0.4, 0.5) is 0 Å². The molecule has 0 aromatic rings. The van der Waals surface area contributed by atoms with Gasteiger partial charge in [-0.15, -0.1) is 0 Å². The highest BCUT2D eigenvalue weighted by Crippen LogP contribution is 2.11. The second kappa shape index (κ2) is 3.64. The normalized spacial score (nSPS) is 14.5. The maximum Gasteiger partial charge on any atom is 0.313 e. The molecule has 0 heterocycles. The summed E-state index contributed by atoms with van der Waals surface area (Å²) >= 11 is 0. The highest BCUT2D eigenvalue weighted by Gasteiger charge is 2.20. The zero-order valence-electron chi connectivity index (χ0n) is 6.65. The lowest BCUT2D eigenvalue weighted by Gasteiger charge is -2.16. The third-order valence-corrected chi connectivity index (χ3v) is 1.26. The SMILES string of the molecule is CC(C)(O)CCC(O)[N+](=O)[O-]. The third-order valence-electron chi connectivity index (χ3n) is 1.26. The second-order valence-electron chi connectivity index (χ2n) is 3.12. The number of aliphatic hydroxyl groups is 2. The largest absolute Gasteiger partial charge is 0.390 e. The Hall–Kier alpha value is -0.680. The number of nitrogens with zero attached hydrogens (tertiary/aromatic N) is 1. The van der Waals surface area contributed by atoms with Crippen LogP contribution in [-0.4, -0.2) is 27.0 Å². The van der Waals surface area contributed by atoms with Crippen LogP contribution in [0.1, 0.15) is 26.7 Å². The van der Waals surface area contributed by atoms with E-state index < -0.39 is 16.8 Å². The van der Waals surface area contributed by atoms with E-state index in [9.17, 15) is 10.1 Å². The summed E-state index contributed by atoms with van der Waals surface area (Å²) in [7, 11) is 0. The van der Waals surface area contributed by atoms with E-state index in [0.29, 0.717) is 0 Å². The summed E-state index contributed by atoms with van der Waals surface area (Å²) in [4.78, 5) is 9.12. The topological polar surface area (TPSA) is 83.6 Å². The van der Waals surface area contributed by atoms with Gasteiger partial charge in [0, 0.05) is 6.42 Å². The van der Waals surface area contributed by atoms with Crippen molar-refractivity contribution in [3.63, 3.8) is 0 Å². The molecule has 5 nitrogen and oxygen atoms in total. The Morgan fingerprint density at radius 3 is 2.36 bits per heavy atom. The van der Waals surface area contributed by atoms with Crippen LogP contribution < -0.4 is 0 Å². The average Bonchev–Trinajstić information content (AvgIpc) is 1.80. The number of rotatable bonds is 4. The molecule has 1 atom stereocenters. The third kappa shape index (κ3) is 5.75. The summed E-state index contributed by atoms with van der Waals surface area (Å²) in [5, 5.41) is 27.7. The molecule has 0 aliphatic rings. The Bertz CT molecular complexity index is 140. The van der Waals surface area contributed by atoms with Gasteiger partial charge in [-0.1, -0.05) is 0 Å². The van der Waals surface area contributed by atoms with E-state index in [4.69, 9.17) is 10.2 Å². The van der Waals surface area contributed by atoms with E-state index >= 15 is 0 Å². The van der Waals surface area contributed by atoms with Crippen LogP contribution in [0.15, 0.2) is 0 Å². The molecule has 0 saturated heterocycles.